The maximum Gasteiger partial charge on any atom is 0.195 e. The van der Waals surface area contributed by atoms with E-state index in [1.165, 1.54) is 0 Å². The number of imidazole rings is 1. The number of carbonyl (C=O) groups excluding carboxylic acids is 1. The Morgan fingerprint density at radius 3 is 3.19 bits per heavy atom. The maximum absolute atomic E-state index is 11.0. The quantitative estimate of drug-likeness (QED) is 0.606. The normalized spacial score (nSPS) is 13.1. The Morgan fingerprint density at radius 1 is 1.69 bits per heavy atom. The molecular formula is C11H14N2OS2. The molecule has 0 aliphatic carbocycles. The van der Waals surface area contributed by atoms with Crippen LogP contribution in [0.1, 0.15) is 30.8 Å². The number of aldehydes is 1. The molecule has 0 amide bonds. The number of nitrogens with zero attached hydrogens (tertiary/aromatic N) is 2. The summed E-state index contributed by atoms with van der Waals surface area (Å²) in [5.74, 6) is 1.67. The fourth-order valence-electron chi connectivity index (χ4n) is 1.34. The molecule has 0 radical (unpaired) electrons. The Kier molecular flexibility index (Phi) is 3.66. The number of carbonyl (C=O) groups is 1. The van der Waals surface area contributed by atoms with Gasteiger partial charge in [0.25, 0.3) is 0 Å². The van der Waals surface area contributed by atoms with Crippen molar-refractivity contribution in [1.29, 1.82) is 0 Å². The number of hydrogen-bond donors (Lipinski definition) is 0. The van der Waals surface area contributed by atoms with Gasteiger partial charge in [0, 0.05) is 17.3 Å². The van der Waals surface area contributed by atoms with Crippen LogP contribution in [0.15, 0.2) is 16.6 Å². The van der Waals surface area contributed by atoms with Gasteiger partial charge in [0.15, 0.2) is 11.2 Å². The van der Waals surface area contributed by atoms with Crippen molar-refractivity contribution in [2.45, 2.75) is 25.3 Å². The van der Waals surface area contributed by atoms with Crippen molar-refractivity contribution in [2.24, 2.45) is 5.92 Å². The summed E-state index contributed by atoms with van der Waals surface area (Å²) in [5.41, 5.74) is 0.685. The molecule has 3 nitrogen and oxygen atoms in total. The second-order valence-electron chi connectivity index (χ2n) is 3.80. The van der Waals surface area contributed by atoms with E-state index in [2.05, 4.69) is 18.8 Å². The lowest BCUT2D eigenvalue weighted by Gasteiger charge is -2.05. The summed E-state index contributed by atoms with van der Waals surface area (Å²) < 4.78 is 1.86. The summed E-state index contributed by atoms with van der Waals surface area (Å²) in [4.78, 5) is 16.4. The van der Waals surface area contributed by atoms with E-state index in [4.69, 9.17) is 0 Å². The summed E-state index contributed by atoms with van der Waals surface area (Å²) in [5, 5.41) is 2.81. The molecule has 0 N–H and O–H groups in total. The molecule has 0 spiro atoms. The van der Waals surface area contributed by atoms with E-state index in [1.54, 1.807) is 23.1 Å². The lowest BCUT2D eigenvalue weighted by atomic mass is 10.2. The van der Waals surface area contributed by atoms with E-state index in [1.807, 2.05) is 16.0 Å². The fourth-order valence-corrected chi connectivity index (χ4v) is 3.24. The molecular weight excluding hydrogens is 240 g/mol. The summed E-state index contributed by atoms with van der Waals surface area (Å²) in [6, 6.07) is 0. The minimum absolute atomic E-state index is 0.657. The number of aromatic nitrogens is 2. The van der Waals surface area contributed by atoms with Gasteiger partial charge < -0.3 is 0 Å². The third kappa shape index (κ3) is 2.15. The van der Waals surface area contributed by atoms with Gasteiger partial charge in [0.05, 0.1) is 0 Å². The summed E-state index contributed by atoms with van der Waals surface area (Å²) >= 11 is 3.24. The molecule has 2 rings (SSSR count). The van der Waals surface area contributed by atoms with Crippen LogP contribution in [0, 0.1) is 5.92 Å². The van der Waals surface area contributed by atoms with E-state index in [0.29, 0.717) is 11.6 Å². The van der Waals surface area contributed by atoms with E-state index < -0.39 is 0 Å². The zero-order valence-electron chi connectivity index (χ0n) is 9.34. The van der Waals surface area contributed by atoms with Crippen LogP contribution >= 0.6 is 23.1 Å². The number of rotatable bonds is 5. The third-order valence-electron chi connectivity index (χ3n) is 2.58. The van der Waals surface area contributed by atoms with Crippen molar-refractivity contribution in [2.75, 3.05) is 5.75 Å². The van der Waals surface area contributed by atoms with Crippen molar-refractivity contribution in [1.82, 2.24) is 9.38 Å². The molecule has 0 aliphatic rings. The molecule has 0 aliphatic heterocycles. The van der Waals surface area contributed by atoms with E-state index in [9.17, 15) is 4.79 Å². The predicted molar refractivity (Wildman–Crippen MR) is 68.6 cm³/mol. The van der Waals surface area contributed by atoms with Crippen LogP contribution in [0.5, 0.6) is 0 Å². The van der Waals surface area contributed by atoms with Crippen molar-refractivity contribution < 1.29 is 4.79 Å². The molecule has 2 aromatic heterocycles. The Labute approximate surface area is 103 Å². The molecule has 0 saturated heterocycles. The average Bonchev–Trinajstić information content (AvgIpc) is 2.84. The fraction of sp³-hybridized carbons (Fsp3) is 0.455. The molecule has 0 saturated carbocycles. The van der Waals surface area contributed by atoms with Crippen molar-refractivity contribution in [3.05, 3.63) is 17.3 Å². The molecule has 0 fully saturated rings. The number of thioether (sulfide) groups is 1. The van der Waals surface area contributed by atoms with E-state index in [0.717, 1.165) is 28.4 Å². The third-order valence-corrected chi connectivity index (χ3v) is 4.64. The van der Waals surface area contributed by atoms with Gasteiger partial charge in [0.2, 0.25) is 0 Å². The number of thiazole rings is 1. The summed E-state index contributed by atoms with van der Waals surface area (Å²) in [7, 11) is 0. The summed E-state index contributed by atoms with van der Waals surface area (Å²) in [6.45, 7) is 4.39. The number of hydrogen-bond acceptors (Lipinski definition) is 4. The predicted octanol–water partition coefficient (Wildman–Crippen LogP) is 3.35. The second-order valence-corrected chi connectivity index (χ2v) is 5.68. The Hall–Kier alpha value is -0.810. The van der Waals surface area contributed by atoms with E-state index in [-0.39, 0.29) is 0 Å². The van der Waals surface area contributed by atoms with Gasteiger partial charge in [-0.05, 0) is 5.92 Å². The van der Waals surface area contributed by atoms with Crippen LogP contribution in [0.2, 0.25) is 0 Å². The molecule has 2 aromatic rings. The largest absolute Gasteiger partial charge is 0.296 e. The van der Waals surface area contributed by atoms with Gasteiger partial charge in [0.1, 0.15) is 10.7 Å². The Bertz CT molecular complexity index is 489. The highest BCUT2D eigenvalue weighted by Gasteiger charge is 2.13. The first-order chi connectivity index (χ1) is 7.76. The van der Waals surface area contributed by atoms with Crippen LogP contribution in [-0.4, -0.2) is 21.4 Å². The molecule has 86 valence electrons. The zero-order chi connectivity index (χ0) is 11.5. The zero-order valence-corrected chi connectivity index (χ0v) is 11.0. The lowest BCUT2D eigenvalue weighted by Crippen LogP contribution is -1.96. The smallest absolute Gasteiger partial charge is 0.195 e. The average molecular weight is 254 g/mol. The standard InChI is InChI=1S/C11H14N2OS2/c1-3-8(2)7-16-10-9(6-14)13-4-5-15-11(13)12-10/h4-6,8H,3,7H2,1-2H3. The highest BCUT2D eigenvalue weighted by atomic mass is 32.2. The van der Waals surface area contributed by atoms with Crippen LogP contribution in [-0.2, 0) is 0 Å². The first-order valence-corrected chi connectivity index (χ1v) is 7.16. The van der Waals surface area contributed by atoms with Gasteiger partial charge in [-0.2, -0.15) is 0 Å². The van der Waals surface area contributed by atoms with Gasteiger partial charge in [-0.1, -0.05) is 20.3 Å². The maximum atomic E-state index is 11.0. The van der Waals surface area contributed by atoms with Crippen LogP contribution < -0.4 is 0 Å². The highest BCUT2D eigenvalue weighted by molar-refractivity contribution is 7.99. The summed E-state index contributed by atoms with van der Waals surface area (Å²) in [6.07, 6.45) is 3.95. The lowest BCUT2D eigenvalue weighted by molar-refractivity contribution is 0.111. The van der Waals surface area contributed by atoms with E-state index >= 15 is 0 Å². The van der Waals surface area contributed by atoms with Gasteiger partial charge in [-0.25, -0.2) is 4.98 Å². The minimum atomic E-state index is 0.657. The minimum Gasteiger partial charge on any atom is -0.296 e. The second kappa shape index (κ2) is 5.01. The SMILES string of the molecule is CCC(C)CSc1nc2sccn2c1C=O. The monoisotopic (exact) mass is 254 g/mol. The molecule has 0 aromatic carbocycles. The molecule has 2 heterocycles. The van der Waals surface area contributed by atoms with Crippen molar-refractivity contribution >= 4 is 34.3 Å². The van der Waals surface area contributed by atoms with Crippen molar-refractivity contribution in [3.8, 4) is 0 Å². The van der Waals surface area contributed by atoms with Gasteiger partial charge in [-0.15, -0.1) is 23.1 Å². The van der Waals surface area contributed by atoms with Crippen LogP contribution in [0.25, 0.3) is 4.96 Å². The first kappa shape index (κ1) is 11.7. The molecule has 0 bridgehead atoms. The topological polar surface area (TPSA) is 34.4 Å². The highest BCUT2D eigenvalue weighted by Crippen LogP contribution is 2.26. The van der Waals surface area contributed by atoms with Gasteiger partial charge >= 0.3 is 0 Å². The molecule has 1 atom stereocenters. The Morgan fingerprint density at radius 2 is 2.50 bits per heavy atom. The van der Waals surface area contributed by atoms with Gasteiger partial charge in [-0.3, -0.25) is 9.20 Å². The van der Waals surface area contributed by atoms with Crippen molar-refractivity contribution in [3.63, 3.8) is 0 Å². The van der Waals surface area contributed by atoms with Crippen LogP contribution in [0.4, 0.5) is 0 Å². The molecule has 5 heteroatoms. The first-order valence-electron chi connectivity index (χ1n) is 5.29. The Balaban J connectivity index is 2.22. The van der Waals surface area contributed by atoms with Crippen LogP contribution in [0.3, 0.4) is 0 Å². The molecule has 1 unspecified atom stereocenters. The molecule has 16 heavy (non-hydrogen) atoms. The number of fused-ring (bicyclic) bond motifs is 1.